The largest absolute Gasteiger partial charge is 0.459 e. The fourth-order valence-electron chi connectivity index (χ4n) is 3.80. The van der Waals surface area contributed by atoms with E-state index >= 15 is 0 Å². The van der Waals surface area contributed by atoms with Crippen molar-refractivity contribution < 1.29 is 19.1 Å². The number of ether oxygens (including phenoxy) is 2. The summed E-state index contributed by atoms with van der Waals surface area (Å²) in [7, 11) is 0. The minimum absolute atomic E-state index is 0.0135. The maximum atomic E-state index is 13.1. The number of aromatic nitrogens is 2. The number of hydrogen-bond donors (Lipinski definition) is 0. The molecular weight excluding hydrogens is 334 g/mol. The minimum Gasteiger partial charge on any atom is -0.459 e. The maximum absolute atomic E-state index is 13.1. The van der Waals surface area contributed by atoms with Gasteiger partial charge in [-0.2, -0.15) is 5.10 Å². The zero-order valence-electron chi connectivity index (χ0n) is 16.4. The van der Waals surface area contributed by atoms with Gasteiger partial charge >= 0.3 is 5.97 Å². The van der Waals surface area contributed by atoms with Crippen LogP contribution < -0.4 is 0 Å². The van der Waals surface area contributed by atoms with E-state index in [0.717, 1.165) is 30.5 Å². The Morgan fingerprint density at radius 1 is 1.19 bits per heavy atom. The van der Waals surface area contributed by atoms with E-state index < -0.39 is 5.60 Å². The Labute approximate surface area is 154 Å². The highest BCUT2D eigenvalue weighted by Crippen LogP contribution is 2.27. The second-order valence-electron chi connectivity index (χ2n) is 8.34. The van der Waals surface area contributed by atoms with Gasteiger partial charge < -0.3 is 14.4 Å². The van der Waals surface area contributed by atoms with E-state index in [1.165, 1.54) is 0 Å². The van der Waals surface area contributed by atoms with Crippen LogP contribution in [0, 0.1) is 0 Å². The molecule has 2 atom stereocenters. The van der Waals surface area contributed by atoms with Gasteiger partial charge in [-0.25, -0.2) is 0 Å². The molecule has 2 heterocycles. The lowest BCUT2D eigenvalue weighted by Gasteiger charge is -2.35. The average molecular weight is 363 g/mol. The van der Waals surface area contributed by atoms with Crippen LogP contribution in [0.2, 0.25) is 0 Å². The molecular formula is C19H29N3O4. The predicted molar refractivity (Wildman–Crippen MR) is 96.0 cm³/mol. The first-order valence-corrected chi connectivity index (χ1v) is 9.39. The number of hydrogen-bond acceptors (Lipinski definition) is 5. The molecule has 0 aromatic carbocycles. The Kier molecular flexibility index (Phi) is 5.10. The zero-order chi connectivity index (χ0) is 19.1. The number of rotatable bonds is 3. The van der Waals surface area contributed by atoms with Crippen LogP contribution in [0.15, 0.2) is 0 Å². The molecule has 7 heteroatoms. The maximum Gasteiger partial charge on any atom is 0.328 e. The summed E-state index contributed by atoms with van der Waals surface area (Å²) >= 11 is 0. The van der Waals surface area contributed by atoms with Crippen molar-refractivity contribution in [2.45, 2.75) is 78.2 Å². The van der Waals surface area contributed by atoms with Gasteiger partial charge in [-0.1, -0.05) is 0 Å². The van der Waals surface area contributed by atoms with E-state index in [-0.39, 0.29) is 30.6 Å². The van der Waals surface area contributed by atoms with E-state index in [1.807, 2.05) is 39.5 Å². The van der Waals surface area contributed by atoms with Gasteiger partial charge in [0.15, 0.2) is 5.69 Å². The molecule has 1 aliphatic heterocycles. The lowest BCUT2D eigenvalue weighted by Crippen LogP contribution is -2.48. The number of esters is 1. The molecule has 144 valence electrons. The highest BCUT2D eigenvalue weighted by atomic mass is 16.6. The van der Waals surface area contributed by atoms with Crippen LogP contribution >= 0.6 is 0 Å². The third-order valence-electron chi connectivity index (χ3n) is 4.62. The Bertz CT molecular complexity index is 694. The van der Waals surface area contributed by atoms with Crippen LogP contribution in [-0.2, 0) is 33.7 Å². The summed E-state index contributed by atoms with van der Waals surface area (Å²) in [6, 6.07) is 0. The first-order chi connectivity index (χ1) is 12.1. The first-order valence-electron chi connectivity index (χ1n) is 9.39. The van der Waals surface area contributed by atoms with E-state index in [0.29, 0.717) is 18.8 Å². The van der Waals surface area contributed by atoms with Crippen molar-refractivity contribution in [3.63, 3.8) is 0 Å². The van der Waals surface area contributed by atoms with E-state index in [9.17, 15) is 9.59 Å². The van der Waals surface area contributed by atoms with Crippen molar-refractivity contribution in [1.29, 1.82) is 0 Å². The van der Waals surface area contributed by atoms with Gasteiger partial charge in [-0.3, -0.25) is 14.3 Å². The van der Waals surface area contributed by atoms with Crippen LogP contribution in [0.25, 0.3) is 0 Å². The number of carbonyl (C=O) groups excluding carboxylic acids is 2. The second kappa shape index (κ2) is 7.02. The molecule has 0 bridgehead atoms. The number of nitrogens with zero attached hydrogens (tertiary/aromatic N) is 3. The molecule has 1 amide bonds. The molecule has 0 spiro atoms. The van der Waals surface area contributed by atoms with E-state index in [4.69, 9.17) is 9.47 Å². The summed E-state index contributed by atoms with van der Waals surface area (Å²) < 4.78 is 12.8. The molecule has 1 fully saturated rings. The lowest BCUT2D eigenvalue weighted by molar-refractivity contribution is -0.155. The molecule has 1 aliphatic carbocycles. The third kappa shape index (κ3) is 4.09. The van der Waals surface area contributed by atoms with Crippen LogP contribution in [0.5, 0.6) is 0 Å². The van der Waals surface area contributed by atoms with Crippen LogP contribution in [0.1, 0.15) is 62.8 Å². The summed E-state index contributed by atoms with van der Waals surface area (Å²) in [5.74, 6) is -0.393. The van der Waals surface area contributed by atoms with Crippen molar-refractivity contribution in [3.05, 3.63) is 17.0 Å². The first kappa shape index (κ1) is 18.9. The Morgan fingerprint density at radius 2 is 1.85 bits per heavy atom. The molecule has 3 rings (SSSR count). The van der Waals surface area contributed by atoms with Crippen molar-refractivity contribution in [1.82, 2.24) is 14.7 Å². The van der Waals surface area contributed by atoms with Crippen molar-refractivity contribution in [2.75, 3.05) is 13.1 Å². The number of carbonyl (C=O) groups is 2. The second-order valence-corrected chi connectivity index (χ2v) is 8.34. The Balaban J connectivity index is 1.81. The van der Waals surface area contributed by atoms with Gasteiger partial charge in [0.05, 0.1) is 12.2 Å². The fraction of sp³-hybridized carbons (Fsp3) is 0.737. The van der Waals surface area contributed by atoms with E-state index in [2.05, 4.69) is 5.10 Å². The van der Waals surface area contributed by atoms with Gasteiger partial charge in [-0.05, 0) is 53.9 Å². The van der Waals surface area contributed by atoms with Crippen molar-refractivity contribution in [2.24, 2.45) is 0 Å². The molecule has 0 N–H and O–H groups in total. The molecule has 0 saturated carbocycles. The summed E-state index contributed by atoms with van der Waals surface area (Å²) in [6.45, 7) is 10.6. The van der Waals surface area contributed by atoms with Gasteiger partial charge in [0, 0.05) is 24.3 Å². The summed E-state index contributed by atoms with van der Waals surface area (Å²) in [4.78, 5) is 27.1. The van der Waals surface area contributed by atoms with E-state index in [1.54, 1.807) is 4.68 Å². The molecule has 7 nitrogen and oxygen atoms in total. The predicted octanol–water partition coefficient (Wildman–Crippen LogP) is 1.96. The van der Waals surface area contributed by atoms with Gasteiger partial charge in [-0.15, -0.1) is 0 Å². The van der Waals surface area contributed by atoms with Crippen LogP contribution in [0.4, 0.5) is 0 Å². The quantitative estimate of drug-likeness (QED) is 0.768. The highest BCUT2D eigenvalue weighted by Gasteiger charge is 2.33. The van der Waals surface area contributed by atoms with Gasteiger partial charge in [0.25, 0.3) is 5.91 Å². The standard InChI is InChI=1S/C19H29N3O4/c1-12-9-21(10-13(2)25-12)18(24)17-14-7-6-8-15(14)22(20-17)11-16(23)26-19(3,4)5/h12-13H,6-11H2,1-5H3. The van der Waals surface area contributed by atoms with Crippen LogP contribution in [-0.4, -0.2) is 57.5 Å². The lowest BCUT2D eigenvalue weighted by atomic mass is 10.1. The summed E-state index contributed by atoms with van der Waals surface area (Å²) in [5.41, 5.74) is 1.94. The monoisotopic (exact) mass is 363 g/mol. The van der Waals surface area contributed by atoms with Gasteiger partial charge in [0.2, 0.25) is 0 Å². The minimum atomic E-state index is -0.536. The van der Waals surface area contributed by atoms with Crippen molar-refractivity contribution in [3.8, 4) is 0 Å². The topological polar surface area (TPSA) is 73.7 Å². The molecule has 2 unspecified atom stereocenters. The highest BCUT2D eigenvalue weighted by molar-refractivity contribution is 5.94. The molecule has 26 heavy (non-hydrogen) atoms. The molecule has 0 radical (unpaired) electrons. The SMILES string of the molecule is CC1CN(C(=O)c2nn(CC(=O)OC(C)(C)C)c3c2CCC3)CC(C)O1. The van der Waals surface area contributed by atoms with Crippen molar-refractivity contribution >= 4 is 11.9 Å². The fourth-order valence-corrected chi connectivity index (χ4v) is 3.80. The normalized spacial score (nSPS) is 23.0. The zero-order valence-corrected chi connectivity index (χ0v) is 16.4. The Hall–Kier alpha value is -1.89. The van der Waals surface area contributed by atoms with Gasteiger partial charge in [0.1, 0.15) is 12.1 Å². The summed E-state index contributed by atoms with van der Waals surface area (Å²) in [6.07, 6.45) is 2.69. The number of morpholine rings is 1. The molecule has 1 aromatic rings. The molecule has 2 aliphatic rings. The Morgan fingerprint density at radius 3 is 2.46 bits per heavy atom. The van der Waals surface area contributed by atoms with Crippen LogP contribution in [0.3, 0.4) is 0 Å². The number of amides is 1. The molecule has 1 aromatic heterocycles. The smallest absolute Gasteiger partial charge is 0.328 e. The number of fused-ring (bicyclic) bond motifs is 1. The summed E-state index contributed by atoms with van der Waals surface area (Å²) in [5, 5.41) is 4.51. The average Bonchev–Trinajstić information content (AvgIpc) is 3.07. The molecule has 1 saturated heterocycles. The third-order valence-corrected chi connectivity index (χ3v) is 4.62.